The van der Waals surface area contributed by atoms with Crippen molar-refractivity contribution in [3.8, 4) is 0 Å². The number of hydrogen-bond donors (Lipinski definition) is 1. The highest BCUT2D eigenvalue weighted by Gasteiger charge is 2.10. The lowest BCUT2D eigenvalue weighted by molar-refractivity contribution is -0.136. The SMILES string of the molecule is Cl.O=C(O)CCc1ccc(CN2CCCCC2)cc1. The molecular formula is C15H22ClNO2. The first-order valence-electron chi connectivity index (χ1n) is 6.76. The van der Waals surface area contributed by atoms with Crippen molar-refractivity contribution in [1.29, 1.82) is 0 Å². The average molecular weight is 284 g/mol. The minimum Gasteiger partial charge on any atom is -0.481 e. The lowest BCUT2D eigenvalue weighted by Gasteiger charge is -2.26. The van der Waals surface area contributed by atoms with Crippen LogP contribution in [0.3, 0.4) is 0 Å². The summed E-state index contributed by atoms with van der Waals surface area (Å²) in [5, 5.41) is 8.64. The molecule has 4 heteroatoms. The van der Waals surface area contributed by atoms with Gasteiger partial charge in [-0.25, -0.2) is 0 Å². The normalized spacial score (nSPS) is 15.8. The van der Waals surface area contributed by atoms with Crippen LogP contribution >= 0.6 is 12.4 Å². The zero-order chi connectivity index (χ0) is 12.8. The molecule has 0 bridgehead atoms. The molecule has 1 fully saturated rings. The highest BCUT2D eigenvalue weighted by Crippen LogP contribution is 2.14. The molecule has 1 aliphatic rings. The quantitative estimate of drug-likeness (QED) is 0.903. The molecule has 106 valence electrons. The standard InChI is InChI=1S/C15H21NO2.ClH/c17-15(18)9-8-13-4-6-14(7-5-13)12-16-10-2-1-3-11-16;/h4-7H,1-3,8-12H2,(H,17,18);1H. The maximum Gasteiger partial charge on any atom is 0.303 e. The van der Waals surface area contributed by atoms with Crippen LogP contribution in [0.2, 0.25) is 0 Å². The first kappa shape index (κ1) is 16.0. The van der Waals surface area contributed by atoms with Crippen molar-refractivity contribution in [1.82, 2.24) is 4.90 Å². The highest BCUT2D eigenvalue weighted by molar-refractivity contribution is 5.85. The number of benzene rings is 1. The molecule has 1 aromatic carbocycles. The predicted molar refractivity (Wildman–Crippen MR) is 78.8 cm³/mol. The second-order valence-corrected chi connectivity index (χ2v) is 5.05. The lowest BCUT2D eigenvalue weighted by Crippen LogP contribution is -2.29. The van der Waals surface area contributed by atoms with E-state index in [0.29, 0.717) is 6.42 Å². The van der Waals surface area contributed by atoms with E-state index < -0.39 is 5.97 Å². The Balaban J connectivity index is 0.00000180. The van der Waals surface area contributed by atoms with Crippen LogP contribution in [0.1, 0.15) is 36.8 Å². The third-order valence-corrected chi connectivity index (χ3v) is 3.51. The molecule has 19 heavy (non-hydrogen) atoms. The highest BCUT2D eigenvalue weighted by atomic mass is 35.5. The predicted octanol–water partition coefficient (Wildman–Crippen LogP) is 3.11. The second kappa shape index (κ2) is 8.18. The molecule has 1 aliphatic heterocycles. The molecule has 1 N–H and O–H groups in total. The van der Waals surface area contributed by atoms with Crippen molar-refractivity contribution in [3.05, 3.63) is 35.4 Å². The lowest BCUT2D eigenvalue weighted by atomic mass is 10.1. The van der Waals surface area contributed by atoms with E-state index >= 15 is 0 Å². The van der Waals surface area contributed by atoms with Crippen LogP contribution < -0.4 is 0 Å². The van der Waals surface area contributed by atoms with Gasteiger partial charge in [0.15, 0.2) is 0 Å². The van der Waals surface area contributed by atoms with Crippen molar-refractivity contribution in [2.24, 2.45) is 0 Å². The van der Waals surface area contributed by atoms with Gasteiger partial charge in [0, 0.05) is 13.0 Å². The summed E-state index contributed by atoms with van der Waals surface area (Å²) >= 11 is 0. The molecule has 2 rings (SSSR count). The number of hydrogen-bond acceptors (Lipinski definition) is 2. The summed E-state index contributed by atoms with van der Waals surface area (Å²) in [6.07, 6.45) is 4.84. The summed E-state index contributed by atoms with van der Waals surface area (Å²) in [7, 11) is 0. The Morgan fingerprint density at radius 1 is 1.05 bits per heavy atom. The fourth-order valence-electron chi connectivity index (χ4n) is 2.44. The number of carboxylic acid groups (broad SMARTS) is 1. The first-order valence-corrected chi connectivity index (χ1v) is 6.76. The van der Waals surface area contributed by atoms with Crippen molar-refractivity contribution >= 4 is 18.4 Å². The summed E-state index contributed by atoms with van der Waals surface area (Å²) in [5.74, 6) is -0.729. The van der Waals surface area contributed by atoms with Crippen molar-refractivity contribution in [2.45, 2.75) is 38.6 Å². The van der Waals surface area contributed by atoms with Crippen LogP contribution in [0, 0.1) is 0 Å². The van der Waals surface area contributed by atoms with Gasteiger partial charge in [0.05, 0.1) is 0 Å². The maximum atomic E-state index is 10.5. The first-order chi connectivity index (χ1) is 8.74. The number of likely N-dealkylation sites (tertiary alicyclic amines) is 1. The Labute approximate surface area is 121 Å². The minimum absolute atomic E-state index is 0. The van der Waals surface area contributed by atoms with Crippen molar-refractivity contribution in [2.75, 3.05) is 13.1 Å². The number of rotatable bonds is 5. The molecule has 0 amide bonds. The molecule has 0 aromatic heterocycles. The van der Waals surface area contributed by atoms with E-state index in [1.54, 1.807) is 0 Å². The molecule has 0 atom stereocenters. The topological polar surface area (TPSA) is 40.5 Å². The zero-order valence-corrected chi connectivity index (χ0v) is 12.0. The molecule has 0 saturated carbocycles. The van der Waals surface area contributed by atoms with Gasteiger partial charge in [-0.05, 0) is 43.5 Å². The fourth-order valence-corrected chi connectivity index (χ4v) is 2.44. The molecule has 1 heterocycles. The number of aryl methyl sites for hydroxylation is 1. The Bertz CT molecular complexity index is 386. The molecule has 3 nitrogen and oxygen atoms in total. The van der Waals surface area contributed by atoms with Crippen LogP contribution in [0.15, 0.2) is 24.3 Å². The summed E-state index contributed by atoms with van der Waals surface area (Å²) in [4.78, 5) is 13.0. The molecule has 1 saturated heterocycles. The summed E-state index contributed by atoms with van der Waals surface area (Å²) < 4.78 is 0. The van der Waals surface area contributed by atoms with E-state index in [4.69, 9.17) is 5.11 Å². The number of halogens is 1. The number of carboxylic acids is 1. The van der Waals surface area contributed by atoms with E-state index in [9.17, 15) is 4.79 Å². The van der Waals surface area contributed by atoms with E-state index in [1.165, 1.54) is 37.9 Å². The third kappa shape index (κ3) is 5.62. The molecular weight excluding hydrogens is 262 g/mol. The molecule has 0 spiro atoms. The Morgan fingerprint density at radius 2 is 1.63 bits per heavy atom. The molecule has 0 aliphatic carbocycles. The average Bonchev–Trinajstić information content (AvgIpc) is 2.39. The molecule has 0 unspecified atom stereocenters. The molecule has 1 aromatic rings. The Hall–Kier alpha value is -1.06. The Kier molecular flexibility index (Phi) is 6.89. The van der Waals surface area contributed by atoms with Crippen molar-refractivity contribution in [3.63, 3.8) is 0 Å². The van der Waals surface area contributed by atoms with Gasteiger partial charge in [0.2, 0.25) is 0 Å². The third-order valence-electron chi connectivity index (χ3n) is 3.51. The van der Waals surface area contributed by atoms with Crippen LogP contribution in [0.4, 0.5) is 0 Å². The second-order valence-electron chi connectivity index (χ2n) is 5.05. The van der Waals surface area contributed by atoms with E-state index in [0.717, 1.165) is 12.1 Å². The zero-order valence-electron chi connectivity index (χ0n) is 11.2. The summed E-state index contributed by atoms with van der Waals surface area (Å²) in [6, 6.07) is 8.38. The fraction of sp³-hybridized carbons (Fsp3) is 0.533. The van der Waals surface area contributed by atoms with Gasteiger partial charge >= 0.3 is 5.97 Å². The largest absolute Gasteiger partial charge is 0.481 e. The van der Waals surface area contributed by atoms with Gasteiger partial charge in [0.1, 0.15) is 0 Å². The van der Waals surface area contributed by atoms with Crippen molar-refractivity contribution < 1.29 is 9.90 Å². The number of nitrogens with zero attached hydrogens (tertiary/aromatic N) is 1. The number of piperidine rings is 1. The minimum atomic E-state index is -0.729. The molecule has 0 radical (unpaired) electrons. The summed E-state index contributed by atoms with van der Waals surface area (Å²) in [5.41, 5.74) is 2.44. The van der Waals surface area contributed by atoms with Gasteiger partial charge < -0.3 is 5.11 Å². The van der Waals surface area contributed by atoms with Crippen LogP contribution in [0.5, 0.6) is 0 Å². The number of aliphatic carboxylic acids is 1. The smallest absolute Gasteiger partial charge is 0.303 e. The van der Waals surface area contributed by atoms with Crippen LogP contribution in [-0.2, 0) is 17.8 Å². The van der Waals surface area contributed by atoms with Gasteiger partial charge in [-0.2, -0.15) is 0 Å². The van der Waals surface area contributed by atoms with Crippen LogP contribution in [-0.4, -0.2) is 29.1 Å². The van der Waals surface area contributed by atoms with Gasteiger partial charge in [0.25, 0.3) is 0 Å². The number of carbonyl (C=O) groups is 1. The van der Waals surface area contributed by atoms with E-state index in [2.05, 4.69) is 29.2 Å². The van der Waals surface area contributed by atoms with Crippen LogP contribution in [0.25, 0.3) is 0 Å². The maximum absolute atomic E-state index is 10.5. The van der Waals surface area contributed by atoms with E-state index in [1.807, 2.05) is 0 Å². The summed E-state index contributed by atoms with van der Waals surface area (Å²) in [6.45, 7) is 3.45. The van der Waals surface area contributed by atoms with Gasteiger partial charge in [-0.1, -0.05) is 30.7 Å². The van der Waals surface area contributed by atoms with Gasteiger partial charge in [-0.15, -0.1) is 12.4 Å². The Morgan fingerprint density at radius 3 is 2.21 bits per heavy atom. The van der Waals surface area contributed by atoms with E-state index in [-0.39, 0.29) is 18.8 Å². The monoisotopic (exact) mass is 283 g/mol. The van der Waals surface area contributed by atoms with Gasteiger partial charge in [-0.3, -0.25) is 9.69 Å².